The van der Waals surface area contributed by atoms with Crippen molar-refractivity contribution in [3.8, 4) is 6.07 Å². The Labute approximate surface area is 104 Å². The van der Waals surface area contributed by atoms with Gasteiger partial charge in [-0.05, 0) is 55.8 Å². The highest BCUT2D eigenvalue weighted by Crippen LogP contribution is 2.65. The second-order valence-electron chi connectivity index (χ2n) is 7.11. The van der Waals surface area contributed by atoms with Crippen LogP contribution in [0.15, 0.2) is 0 Å². The smallest absolute Gasteiger partial charge is 0.0891 e. The van der Waals surface area contributed by atoms with Crippen molar-refractivity contribution in [1.82, 2.24) is 0 Å². The highest BCUT2D eigenvalue weighted by Gasteiger charge is 2.66. The number of hydrogen-bond acceptors (Lipinski definition) is 2. The van der Waals surface area contributed by atoms with Crippen molar-refractivity contribution in [2.45, 2.75) is 58.0 Å². The van der Waals surface area contributed by atoms with Crippen LogP contribution in [0.2, 0.25) is 0 Å². The van der Waals surface area contributed by atoms with E-state index in [1.165, 1.54) is 19.3 Å². The number of aliphatic hydroxyl groups is 1. The Balaban J connectivity index is 1.82. The van der Waals surface area contributed by atoms with Gasteiger partial charge in [-0.15, -0.1) is 0 Å². The van der Waals surface area contributed by atoms with E-state index >= 15 is 0 Å². The molecule has 2 nitrogen and oxygen atoms in total. The van der Waals surface area contributed by atoms with Crippen molar-refractivity contribution < 1.29 is 5.11 Å². The SMILES string of the molecule is CC(C)C1CC(O)(C2(C#N)CC3CCC2C3)C1. The molecule has 0 heterocycles. The number of rotatable bonds is 2. The summed E-state index contributed by atoms with van der Waals surface area (Å²) in [5.74, 6) is 2.48. The second kappa shape index (κ2) is 3.48. The molecular formula is C15H23NO. The monoisotopic (exact) mass is 233 g/mol. The number of fused-ring (bicyclic) bond motifs is 2. The minimum atomic E-state index is -0.656. The summed E-state index contributed by atoms with van der Waals surface area (Å²) in [4.78, 5) is 0. The summed E-state index contributed by atoms with van der Waals surface area (Å²) in [5, 5.41) is 20.5. The Hall–Kier alpha value is -0.550. The van der Waals surface area contributed by atoms with Crippen molar-refractivity contribution in [3.05, 3.63) is 0 Å². The fourth-order valence-corrected chi connectivity index (χ4v) is 4.78. The zero-order chi connectivity index (χ0) is 12.3. The molecule has 0 radical (unpaired) electrons. The lowest BCUT2D eigenvalue weighted by Crippen LogP contribution is -2.59. The van der Waals surface area contributed by atoms with E-state index in [9.17, 15) is 10.4 Å². The quantitative estimate of drug-likeness (QED) is 0.796. The Bertz CT molecular complexity index is 364. The fourth-order valence-electron chi connectivity index (χ4n) is 4.78. The average Bonchev–Trinajstić information content (AvgIpc) is 2.84. The molecule has 3 aliphatic rings. The maximum absolute atomic E-state index is 10.9. The van der Waals surface area contributed by atoms with E-state index in [1.54, 1.807) is 0 Å². The lowest BCUT2D eigenvalue weighted by molar-refractivity contribution is -0.171. The van der Waals surface area contributed by atoms with E-state index in [-0.39, 0.29) is 5.41 Å². The van der Waals surface area contributed by atoms with E-state index in [1.807, 2.05) is 0 Å². The molecule has 0 aromatic rings. The summed E-state index contributed by atoms with van der Waals surface area (Å²) in [6.45, 7) is 4.45. The van der Waals surface area contributed by atoms with Crippen molar-refractivity contribution in [1.29, 1.82) is 5.26 Å². The Morgan fingerprint density at radius 1 is 1.24 bits per heavy atom. The zero-order valence-electron chi connectivity index (χ0n) is 10.9. The second-order valence-corrected chi connectivity index (χ2v) is 7.11. The van der Waals surface area contributed by atoms with Gasteiger partial charge in [0.15, 0.2) is 0 Å². The molecule has 0 amide bonds. The van der Waals surface area contributed by atoms with Gasteiger partial charge in [-0.3, -0.25) is 0 Å². The minimum Gasteiger partial charge on any atom is -0.388 e. The molecule has 94 valence electrons. The molecule has 3 rings (SSSR count). The van der Waals surface area contributed by atoms with Gasteiger partial charge < -0.3 is 5.11 Å². The first kappa shape index (κ1) is 11.5. The highest BCUT2D eigenvalue weighted by atomic mass is 16.3. The molecule has 0 spiro atoms. The first-order valence-electron chi connectivity index (χ1n) is 7.14. The predicted octanol–water partition coefficient (Wildman–Crippen LogP) is 3.11. The third-order valence-corrected chi connectivity index (χ3v) is 6.02. The van der Waals surface area contributed by atoms with Gasteiger partial charge >= 0.3 is 0 Å². The van der Waals surface area contributed by atoms with E-state index in [0.717, 1.165) is 25.2 Å². The summed E-state index contributed by atoms with van der Waals surface area (Å²) in [6, 6.07) is 2.56. The van der Waals surface area contributed by atoms with Crippen LogP contribution in [0.3, 0.4) is 0 Å². The van der Waals surface area contributed by atoms with Crippen molar-refractivity contribution in [2.24, 2.45) is 29.1 Å². The number of nitrogens with zero attached hydrogens (tertiary/aromatic N) is 1. The van der Waals surface area contributed by atoms with Gasteiger partial charge in [-0.25, -0.2) is 0 Å². The largest absolute Gasteiger partial charge is 0.388 e. The van der Waals surface area contributed by atoms with E-state index in [0.29, 0.717) is 17.8 Å². The zero-order valence-corrected chi connectivity index (χ0v) is 10.9. The maximum Gasteiger partial charge on any atom is 0.0891 e. The van der Waals surface area contributed by atoms with Crippen LogP contribution in [0.25, 0.3) is 0 Å². The number of hydrogen-bond donors (Lipinski definition) is 1. The standard InChI is InChI=1S/C15H23NO/c1-10(2)12-7-15(17,8-12)14(9-16)6-11-3-4-13(14)5-11/h10-13,17H,3-8H2,1-2H3. The van der Waals surface area contributed by atoms with Crippen molar-refractivity contribution in [3.63, 3.8) is 0 Å². The third kappa shape index (κ3) is 1.35. The molecule has 3 fully saturated rings. The van der Waals surface area contributed by atoms with Crippen molar-refractivity contribution in [2.75, 3.05) is 0 Å². The fraction of sp³-hybridized carbons (Fsp3) is 0.933. The van der Waals surface area contributed by atoms with Gasteiger partial charge in [-0.1, -0.05) is 20.3 Å². The Morgan fingerprint density at radius 3 is 2.35 bits per heavy atom. The Kier molecular flexibility index (Phi) is 2.36. The van der Waals surface area contributed by atoms with Crippen molar-refractivity contribution >= 4 is 0 Å². The first-order valence-corrected chi connectivity index (χ1v) is 7.14. The van der Waals surface area contributed by atoms with Crippen LogP contribution in [-0.4, -0.2) is 10.7 Å². The van der Waals surface area contributed by atoms with Gasteiger partial charge in [0.1, 0.15) is 0 Å². The van der Waals surface area contributed by atoms with Crippen LogP contribution in [0, 0.1) is 40.4 Å². The molecule has 0 saturated heterocycles. The lowest BCUT2D eigenvalue weighted by Gasteiger charge is -2.55. The predicted molar refractivity (Wildman–Crippen MR) is 66.0 cm³/mol. The molecule has 1 N–H and O–H groups in total. The first-order chi connectivity index (χ1) is 8.01. The molecule has 17 heavy (non-hydrogen) atoms. The van der Waals surface area contributed by atoms with Gasteiger partial charge in [0.25, 0.3) is 0 Å². The van der Waals surface area contributed by atoms with Crippen LogP contribution >= 0.6 is 0 Å². The molecule has 0 aromatic carbocycles. The molecule has 0 aromatic heterocycles. The number of nitriles is 1. The topological polar surface area (TPSA) is 44.0 Å². The van der Waals surface area contributed by atoms with Gasteiger partial charge in [-0.2, -0.15) is 5.26 Å². The molecule has 0 aliphatic heterocycles. The van der Waals surface area contributed by atoms with Gasteiger partial charge in [0.2, 0.25) is 0 Å². The maximum atomic E-state index is 10.9. The normalized spacial score (nSPS) is 52.5. The van der Waals surface area contributed by atoms with E-state index < -0.39 is 5.60 Å². The molecular weight excluding hydrogens is 210 g/mol. The van der Waals surface area contributed by atoms with Gasteiger partial charge in [0, 0.05) is 0 Å². The summed E-state index contributed by atoms with van der Waals surface area (Å²) in [5.41, 5.74) is -1.04. The molecule has 3 unspecified atom stereocenters. The third-order valence-electron chi connectivity index (χ3n) is 6.02. The van der Waals surface area contributed by atoms with Crippen LogP contribution in [0.1, 0.15) is 52.4 Å². The highest BCUT2D eigenvalue weighted by molar-refractivity contribution is 5.23. The van der Waals surface area contributed by atoms with Crippen LogP contribution in [0.4, 0.5) is 0 Å². The van der Waals surface area contributed by atoms with Crippen LogP contribution in [-0.2, 0) is 0 Å². The minimum absolute atomic E-state index is 0.388. The summed E-state index contributed by atoms with van der Waals surface area (Å²) in [6.07, 6.45) is 6.35. The Morgan fingerprint density at radius 2 is 1.94 bits per heavy atom. The summed E-state index contributed by atoms with van der Waals surface area (Å²) >= 11 is 0. The van der Waals surface area contributed by atoms with E-state index in [2.05, 4.69) is 19.9 Å². The molecule has 2 bridgehead atoms. The van der Waals surface area contributed by atoms with E-state index in [4.69, 9.17) is 0 Å². The summed E-state index contributed by atoms with van der Waals surface area (Å²) in [7, 11) is 0. The van der Waals surface area contributed by atoms with Crippen LogP contribution in [0.5, 0.6) is 0 Å². The summed E-state index contributed by atoms with van der Waals surface area (Å²) < 4.78 is 0. The molecule has 3 saturated carbocycles. The molecule has 3 atom stereocenters. The van der Waals surface area contributed by atoms with Crippen LogP contribution < -0.4 is 0 Å². The van der Waals surface area contributed by atoms with Gasteiger partial charge in [0.05, 0.1) is 17.1 Å². The molecule has 2 heteroatoms. The molecule has 3 aliphatic carbocycles. The lowest BCUT2D eigenvalue weighted by atomic mass is 9.51. The average molecular weight is 233 g/mol.